The Morgan fingerprint density at radius 2 is 1.76 bits per heavy atom. The summed E-state index contributed by atoms with van der Waals surface area (Å²) in [5.74, 6) is -2.29. The van der Waals surface area contributed by atoms with E-state index in [1.165, 1.54) is 7.11 Å². The number of rotatable bonds is 8. The van der Waals surface area contributed by atoms with Crippen molar-refractivity contribution in [1.29, 1.82) is 0 Å². The van der Waals surface area contributed by atoms with E-state index < -0.39 is 58.8 Å². The van der Waals surface area contributed by atoms with Gasteiger partial charge in [-0.1, -0.05) is 25.1 Å². The third kappa shape index (κ3) is 3.15. The van der Waals surface area contributed by atoms with E-state index in [-0.39, 0.29) is 35.8 Å². The van der Waals surface area contributed by atoms with Crippen LogP contribution >= 0.6 is 0 Å². The summed E-state index contributed by atoms with van der Waals surface area (Å²) in [5, 5.41) is 37.8. The monoisotopic (exact) mass is 587 g/mol. The lowest BCUT2D eigenvalue weighted by molar-refractivity contribution is -0.314. The zero-order valence-corrected chi connectivity index (χ0v) is 25.1. The van der Waals surface area contributed by atoms with E-state index in [1.54, 1.807) is 45.6 Å². The van der Waals surface area contributed by atoms with Gasteiger partial charge in [0.15, 0.2) is 0 Å². The molecule has 42 heavy (non-hydrogen) atoms. The van der Waals surface area contributed by atoms with Crippen molar-refractivity contribution in [3.05, 3.63) is 35.9 Å². The average Bonchev–Trinajstić information content (AvgIpc) is 3.38. The number of benzene rings is 1. The molecule has 6 fully saturated rings. The highest BCUT2D eigenvalue weighted by molar-refractivity contribution is 5.89. The zero-order chi connectivity index (χ0) is 29.8. The second-order valence-electron chi connectivity index (χ2n) is 13.8. The Bertz CT molecular complexity index is 1220. The maximum absolute atomic E-state index is 13.5. The molecule has 14 atom stereocenters. The number of methoxy groups -OCH3 is 4. The highest BCUT2D eigenvalue weighted by Crippen LogP contribution is 2.80. The van der Waals surface area contributed by atoms with Gasteiger partial charge in [-0.25, -0.2) is 4.79 Å². The Balaban J connectivity index is 1.47. The van der Waals surface area contributed by atoms with Crippen LogP contribution in [0.2, 0.25) is 0 Å². The summed E-state index contributed by atoms with van der Waals surface area (Å²) in [6.45, 7) is 4.18. The van der Waals surface area contributed by atoms with E-state index in [2.05, 4.69) is 11.8 Å². The highest BCUT2D eigenvalue weighted by atomic mass is 16.6. The van der Waals surface area contributed by atoms with Gasteiger partial charge in [0.2, 0.25) is 0 Å². The van der Waals surface area contributed by atoms with E-state index in [1.807, 2.05) is 6.07 Å². The second kappa shape index (κ2) is 9.68. The first-order chi connectivity index (χ1) is 20.1. The fourth-order valence-electron chi connectivity index (χ4n) is 11.9. The summed E-state index contributed by atoms with van der Waals surface area (Å²) in [6.07, 6.45) is -2.43. The molecule has 1 aromatic carbocycles. The molecular formula is C32H45NO9. The first kappa shape index (κ1) is 29.1. The summed E-state index contributed by atoms with van der Waals surface area (Å²) < 4.78 is 30.8. The zero-order valence-electron chi connectivity index (χ0n) is 25.1. The van der Waals surface area contributed by atoms with Crippen LogP contribution in [-0.4, -0.2) is 122 Å². The third-order valence-electron chi connectivity index (χ3n) is 12.8. The number of piperidine rings is 1. The molecule has 1 unspecified atom stereocenters. The summed E-state index contributed by atoms with van der Waals surface area (Å²) in [7, 11) is 6.60. The highest BCUT2D eigenvalue weighted by Gasteiger charge is 2.90. The molecule has 0 aromatic heterocycles. The van der Waals surface area contributed by atoms with Crippen LogP contribution in [0, 0.1) is 34.5 Å². The molecule has 10 nitrogen and oxygen atoms in total. The number of aliphatic hydroxyl groups is 3. The molecule has 6 aliphatic rings. The van der Waals surface area contributed by atoms with Gasteiger partial charge >= 0.3 is 5.97 Å². The SMILES string of the molecule is CCN1C[C@]2(COC)CC[C@H](OC)[C@]34C1[C@H]([C@H](OC)[C@H]23)[C@]1(O)[C@H]2[C@@H](OC(=O)c3ccccc3)[C@](O)(C[C@H]24)[C@@H](OC)[C@@H]1O. The number of carbonyl (C=O) groups excluding carboxylic acids is 1. The molecule has 232 valence electrons. The molecule has 5 aliphatic carbocycles. The number of carbonyl (C=O) groups is 1. The van der Waals surface area contributed by atoms with Gasteiger partial charge in [-0.15, -0.1) is 0 Å². The van der Waals surface area contributed by atoms with Crippen molar-refractivity contribution < 1.29 is 43.8 Å². The first-order valence-corrected chi connectivity index (χ1v) is 15.4. The van der Waals surface area contributed by atoms with E-state index in [0.717, 1.165) is 25.9 Å². The Hall–Kier alpha value is -1.63. The third-order valence-corrected chi connectivity index (χ3v) is 12.8. The molecule has 5 saturated carbocycles. The summed E-state index contributed by atoms with van der Waals surface area (Å²) in [5.41, 5.74) is -3.95. The number of fused-ring (bicyclic) bond motifs is 2. The lowest BCUT2D eigenvalue weighted by atomic mass is 9.43. The fourth-order valence-corrected chi connectivity index (χ4v) is 11.9. The molecule has 1 heterocycles. The van der Waals surface area contributed by atoms with Crippen molar-refractivity contribution >= 4 is 5.97 Å². The van der Waals surface area contributed by atoms with Crippen LogP contribution in [0.4, 0.5) is 0 Å². The van der Waals surface area contributed by atoms with Crippen molar-refractivity contribution in [3.8, 4) is 0 Å². The number of hydrogen-bond donors (Lipinski definition) is 3. The van der Waals surface area contributed by atoms with Crippen molar-refractivity contribution in [1.82, 2.24) is 4.90 Å². The fraction of sp³-hybridized carbons (Fsp3) is 0.781. The van der Waals surface area contributed by atoms with Gasteiger partial charge in [-0.2, -0.15) is 0 Å². The lowest BCUT2D eigenvalue weighted by Crippen LogP contribution is -2.80. The Labute approximate surface area is 247 Å². The van der Waals surface area contributed by atoms with Gasteiger partial charge in [0, 0.05) is 69.6 Å². The van der Waals surface area contributed by atoms with Crippen molar-refractivity contribution in [2.75, 3.05) is 48.1 Å². The number of hydrogen-bond acceptors (Lipinski definition) is 10. The topological polar surface area (TPSA) is 127 Å². The second-order valence-corrected chi connectivity index (χ2v) is 13.8. The van der Waals surface area contributed by atoms with Crippen molar-refractivity contribution in [2.45, 2.75) is 73.9 Å². The largest absolute Gasteiger partial charge is 0.455 e. The van der Waals surface area contributed by atoms with E-state index >= 15 is 0 Å². The van der Waals surface area contributed by atoms with Crippen LogP contribution in [-0.2, 0) is 23.7 Å². The number of ether oxygens (including phenoxy) is 5. The van der Waals surface area contributed by atoms with Crippen molar-refractivity contribution in [3.63, 3.8) is 0 Å². The van der Waals surface area contributed by atoms with Gasteiger partial charge in [-0.3, -0.25) is 4.90 Å². The smallest absolute Gasteiger partial charge is 0.338 e. The molecule has 10 heteroatoms. The minimum Gasteiger partial charge on any atom is -0.455 e. The van der Waals surface area contributed by atoms with E-state index in [0.29, 0.717) is 12.2 Å². The maximum Gasteiger partial charge on any atom is 0.338 e. The average molecular weight is 588 g/mol. The van der Waals surface area contributed by atoms with Crippen LogP contribution < -0.4 is 0 Å². The molecule has 1 spiro atoms. The normalized spacial score (nSPS) is 51.9. The van der Waals surface area contributed by atoms with Crippen LogP contribution in [0.1, 0.15) is 36.5 Å². The van der Waals surface area contributed by atoms with Gasteiger partial charge in [0.25, 0.3) is 0 Å². The van der Waals surface area contributed by atoms with Crippen molar-refractivity contribution in [2.24, 2.45) is 34.5 Å². The minimum atomic E-state index is -1.77. The predicted octanol–water partition coefficient (Wildman–Crippen LogP) is 1.11. The molecule has 0 amide bonds. The number of esters is 1. The summed E-state index contributed by atoms with van der Waals surface area (Å²) >= 11 is 0. The molecule has 7 bridgehead atoms. The minimum absolute atomic E-state index is 0.0629. The quantitative estimate of drug-likeness (QED) is 0.381. The summed E-state index contributed by atoms with van der Waals surface area (Å²) in [4.78, 5) is 16.0. The number of aliphatic hydroxyl groups excluding tert-OH is 1. The lowest BCUT2D eigenvalue weighted by Gasteiger charge is -2.69. The summed E-state index contributed by atoms with van der Waals surface area (Å²) in [6, 6.07) is 8.49. The Morgan fingerprint density at radius 3 is 2.38 bits per heavy atom. The molecule has 7 rings (SSSR count). The van der Waals surface area contributed by atoms with E-state index in [9.17, 15) is 20.1 Å². The molecule has 1 aromatic rings. The van der Waals surface area contributed by atoms with Gasteiger partial charge in [-0.05, 0) is 43.9 Å². The van der Waals surface area contributed by atoms with Crippen LogP contribution in [0.25, 0.3) is 0 Å². The Morgan fingerprint density at radius 1 is 1.02 bits per heavy atom. The standard InChI is InChI=1S/C32H45NO9/c1-6-33-15-29(16-38-2)13-12-19(39-3)31-18-14-30(36)26(42-28(35)17-10-8-7-9-11-17)20(18)32(37,25(34)27(30)41-5)21(24(31)33)22(40-4)23(29)31/h7-11,18-27,34,36-37H,6,12-16H2,1-5H3/t18-,19+,20-,21+,22+,23-,24?,25+,26-,27+,29+,30-,31+,32-/m1/s1. The van der Waals surface area contributed by atoms with Gasteiger partial charge < -0.3 is 39.0 Å². The predicted molar refractivity (Wildman–Crippen MR) is 150 cm³/mol. The maximum atomic E-state index is 13.5. The van der Waals surface area contributed by atoms with Crippen LogP contribution in [0.5, 0.6) is 0 Å². The molecule has 0 radical (unpaired) electrons. The molecule has 3 N–H and O–H groups in total. The Kier molecular flexibility index (Phi) is 6.71. The van der Waals surface area contributed by atoms with Gasteiger partial charge in [0.1, 0.15) is 29.5 Å². The van der Waals surface area contributed by atoms with Crippen LogP contribution in [0.3, 0.4) is 0 Å². The molecule has 1 saturated heterocycles. The molecular weight excluding hydrogens is 542 g/mol. The van der Waals surface area contributed by atoms with E-state index in [4.69, 9.17) is 23.7 Å². The van der Waals surface area contributed by atoms with Gasteiger partial charge in [0.05, 0.1) is 24.4 Å². The van der Waals surface area contributed by atoms with Crippen LogP contribution in [0.15, 0.2) is 30.3 Å². The molecule has 1 aliphatic heterocycles. The number of nitrogens with zero attached hydrogens (tertiary/aromatic N) is 1. The first-order valence-electron chi connectivity index (χ1n) is 15.4. The number of likely N-dealkylation sites (tertiary alicyclic amines) is 1.